The highest BCUT2D eigenvalue weighted by Gasteiger charge is 2.46. The first-order valence-electron chi connectivity index (χ1n) is 10.9. The number of phenols is 1. The zero-order valence-electron chi connectivity index (χ0n) is 19.4. The Labute approximate surface area is 193 Å². The predicted octanol–water partition coefficient (Wildman–Crippen LogP) is 3.17. The summed E-state index contributed by atoms with van der Waals surface area (Å²) in [6.45, 7) is 6.55. The minimum Gasteiger partial charge on any atom is -0.507 e. The van der Waals surface area contributed by atoms with Gasteiger partial charge in [-0.05, 0) is 42.9 Å². The van der Waals surface area contributed by atoms with Gasteiger partial charge in [0.2, 0.25) is 0 Å². The zero-order valence-corrected chi connectivity index (χ0v) is 19.4. The van der Waals surface area contributed by atoms with E-state index in [4.69, 9.17) is 9.47 Å². The third-order valence-corrected chi connectivity index (χ3v) is 5.95. The van der Waals surface area contributed by atoms with E-state index in [-0.39, 0.29) is 22.8 Å². The molecule has 0 spiro atoms. The number of likely N-dealkylation sites (tertiary alicyclic amines) is 1. The Morgan fingerprint density at radius 1 is 1.06 bits per heavy atom. The van der Waals surface area contributed by atoms with Gasteiger partial charge in [-0.25, -0.2) is 0 Å². The Bertz CT molecular complexity index is 1060. The number of benzene rings is 2. The number of carbonyl (C=O) groups excluding carboxylic acids is 2. The zero-order chi connectivity index (χ0) is 24.1. The first-order chi connectivity index (χ1) is 15.9. The summed E-state index contributed by atoms with van der Waals surface area (Å²) in [4.78, 5) is 29.8. The third-order valence-electron chi connectivity index (χ3n) is 5.95. The van der Waals surface area contributed by atoms with Crippen molar-refractivity contribution in [3.8, 4) is 17.2 Å². The second-order valence-electron chi connectivity index (χ2n) is 7.68. The number of nitrogens with zero attached hydrogens (tertiary/aromatic N) is 2. The van der Waals surface area contributed by atoms with Gasteiger partial charge in [0.15, 0.2) is 11.5 Å². The molecule has 0 aromatic heterocycles. The van der Waals surface area contributed by atoms with E-state index in [0.29, 0.717) is 30.0 Å². The molecule has 1 saturated heterocycles. The number of carbonyl (C=O) groups is 2. The molecule has 176 valence electrons. The van der Waals surface area contributed by atoms with Gasteiger partial charge in [-0.3, -0.25) is 9.59 Å². The molecule has 33 heavy (non-hydrogen) atoms. The van der Waals surface area contributed by atoms with E-state index >= 15 is 0 Å². The molecule has 2 aromatic carbocycles. The number of rotatable bonds is 9. The van der Waals surface area contributed by atoms with Crippen molar-refractivity contribution >= 4 is 17.4 Å². The van der Waals surface area contributed by atoms with Crippen molar-refractivity contribution in [1.82, 2.24) is 9.80 Å². The Hall–Kier alpha value is -3.52. The van der Waals surface area contributed by atoms with E-state index < -0.39 is 17.7 Å². The molecule has 8 nitrogen and oxygen atoms in total. The van der Waals surface area contributed by atoms with Crippen LogP contribution in [0.15, 0.2) is 48.0 Å². The monoisotopic (exact) mass is 454 g/mol. The summed E-state index contributed by atoms with van der Waals surface area (Å²) in [6, 6.07) is 10.5. The molecule has 1 fully saturated rings. The van der Waals surface area contributed by atoms with Crippen LogP contribution in [0.3, 0.4) is 0 Å². The number of amides is 1. The molecule has 0 radical (unpaired) electrons. The second kappa shape index (κ2) is 10.4. The number of aliphatic hydroxyl groups is 1. The van der Waals surface area contributed by atoms with E-state index in [1.807, 2.05) is 13.8 Å². The molecule has 1 heterocycles. The smallest absolute Gasteiger partial charge is 0.295 e. The molecular formula is C25H30N2O6. The fourth-order valence-corrected chi connectivity index (χ4v) is 4.04. The number of hydrogen-bond donors (Lipinski definition) is 2. The average Bonchev–Trinajstić information content (AvgIpc) is 3.09. The second-order valence-corrected chi connectivity index (χ2v) is 7.68. The van der Waals surface area contributed by atoms with E-state index in [1.54, 1.807) is 36.4 Å². The molecule has 2 N–H and O–H groups in total. The number of aliphatic hydroxyl groups excluding tert-OH is 1. The minimum atomic E-state index is -0.832. The summed E-state index contributed by atoms with van der Waals surface area (Å²) in [5, 5.41) is 21.2. The van der Waals surface area contributed by atoms with Crippen molar-refractivity contribution in [3.63, 3.8) is 0 Å². The molecular weight excluding hydrogens is 424 g/mol. The van der Waals surface area contributed by atoms with Crippen LogP contribution in [0.1, 0.15) is 31.0 Å². The maximum absolute atomic E-state index is 13.1. The fraction of sp³-hybridized carbons (Fsp3) is 0.360. The van der Waals surface area contributed by atoms with Crippen molar-refractivity contribution in [3.05, 3.63) is 59.2 Å². The van der Waals surface area contributed by atoms with Gasteiger partial charge < -0.3 is 29.5 Å². The summed E-state index contributed by atoms with van der Waals surface area (Å²) < 4.78 is 10.5. The van der Waals surface area contributed by atoms with Crippen molar-refractivity contribution < 1.29 is 29.3 Å². The van der Waals surface area contributed by atoms with Gasteiger partial charge in [0, 0.05) is 18.7 Å². The van der Waals surface area contributed by atoms with Gasteiger partial charge in [0.05, 0.1) is 25.8 Å². The van der Waals surface area contributed by atoms with Gasteiger partial charge in [0.25, 0.3) is 11.7 Å². The third kappa shape index (κ3) is 4.80. The summed E-state index contributed by atoms with van der Waals surface area (Å²) in [5.41, 5.74) is 0.903. The average molecular weight is 455 g/mol. The van der Waals surface area contributed by atoms with E-state index in [0.717, 1.165) is 13.1 Å². The van der Waals surface area contributed by atoms with Crippen LogP contribution in [0.25, 0.3) is 5.76 Å². The van der Waals surface area contributed by atoms with Gasteiger partial charge in [-0.1, -0.05) is 32.0 Å². The maximum Gasteiger partial charge on any atom is 0.295 e. The first-order valence-corrected chi connectivity index (χ1v) is 10.9. The lowest BCUT2D eigenvalue weighted by atomic mass is 9.95. The molecule has 1 unspecified atom stereocenters. The lowest BCUT2D eigenvalue weighted by Crippen LogP contribution is -2.38. The maximum atomic E-state index is 13.1. The number of ether oxygens (including phenoxy) is 2. The SMILES string of the molecule is CCN(CC)CCN1C(=O)C(=O)C(=C(O)c2cccc(OC)c2)C1c1ccc(O)c(OC)c1. The van der Waals surface area contributed by atoms with Gasteiger partial charge in [0.1, 0.15) is 11.5 Å². The molecule has 1 aliphatic heterocycles. The summed E-state index contributed by atoms with van der Waals surface area (Å²) in [7, 11) is 2.93. The summed E-state index contributed by atoms with van der Waals surface area (Å²) >= 11 is 0. The Morgan fingerprint density at radius 3 is 2.42 bits per heavy atom. The molecule has 3 rings (SSSR count). The number of hydrogen-bond acceptors (Lipinski definition) is 7. The van der Waals surface area contributed by atoms with Crippen molar-refractivity contribution in [1.29, 1.82) is 0 Å². The molecule has 0 aliphatic carbocycles. The van der Waals surface area contributed by atoms with Gasteiger partial charge in [-0.2, -0.15) is 0 Å². The Balaban J connectivity index is 2.15. The molecule has 0 saturated carbocycles. The highest BCUT2D eigenvalue weighted by atomic mass is 16.5. The predicted molar refractivity (Wildman–Crippen MR) is 124 cm³/mol. The lowest BCUT2D eigenvalue weighted by molar-refractivity contribution is -0.140. The fourth-order valence-electron chi connectivity index (χ4n) is 4.04. The van der Waals surface area contributed by atoms with Crippen LogP contribution in [-0.4, -0.2) is 72.1 Å². The lowest BCUT2D eigenvalue weighted by Gasteiger charge is -2.28. The molecule has 0 bridgehead atoms. The number of phenolic OH excluding ortho intramolecular Hbond substituents is 1. The normalized spacial score (nSPS) is 17.6. The molecule has 1 atom stereocenters. The van der Waals surface area contributed by atoms with E-state index in [2.05, 4.69) is 4.90 Å². The quantitative estimate of drug-likeness (QED) is 0.341. The Morgan fingerprint density at radius 2 is 1.79 bits per heavy atom. The molecule has 8 heteroatoms. The first kappa shape index (κ1) is 24.1. The van der Waals surface area contributed by atoms with Crippen LogP contribution in [0.2, 0.25) is 0 Å². The highest BCUT2D eigenvalue weighted by molar-refractivity contribution is 6.46. The van der Waals surface area contributed by atoms with Crippen molar-refractivity contribution in [2.75, 3.05) is 40.4 Å². The Kier molecular flexibility index (Phi) is 7.60. The number of aromatic hydroxyl groups is 1. The molecule has 2 aromatic rings. The van der Waals surface area contributed by atoms with Gasteiger partial charge >= 0.3 is 0 Å². The minimum absolute atomic E-state index is 0.0134. The van der Waals surface area contributed by atoms with Crippen LogP contribution in [0, 0.1) is 0 Å². The van der Waals surface area contributed by atoms with Gasteiger partial charge in [-0.15, -0.1) is 0 Å². The summed E-state index contributed by atoms with van der Waals surface area (Å²) in [5.74, 6) is -1.06. The van der Waals surface area contributed by atoms with Crippen molar-refractivity contribution in [2.45, 2.75) is 19.9 Å². The number of Topliss-reactive ketones (excluding diaryl/α,β-unsaturated/α-hetero) is 1. The summed E-state index contributed by atoms with van der Waals surface area (Å²) in [6.07, 6.45) is 0. The topological polar surface area (TPSA) is 99.5 Å². The van der Waals surface area contributed by atoms with Crippen molar-refractivity contribution in [2.24, 2.45) is 0 Å². The van der Waals surface area contributed by atoms with Crippen LogP contribution in [-0.2, 0) is 9.59 Å². The molecule has 1 amide bonds. The number of ketones is 1. The van der Waals surface area contributed by atoms with E-state index in [1.165, 1.54) is 25.2 Å². The van der Waals surface area contributed by atoms with Crippen LogP contribution < -0.4 is 9.47 Å². The highest BCUT2D eigenvalue weighted by Crippen LogP contribution is 2.41. The largest absolute Gasteiger partial charge is 0.507 e. The van der Waals surface area contributed by atoms with E-state index in [9.17, 15) is 19.8 Å². The standard InChI is InChI=1S/C25H30N2O6/c1-5-26(6-2)12-13-27-22(16-10-11-19(28)20(15-16)33-4)21(24(30)25(27)31)23(29)17-8-7-9-18(14-17)32-3/h7-11,14-15,22,28-29H,5-6,12-13H2,1-4H3. The van der Waals surface area contributed by atoms with Crippen LogP contribution >= 0.6 is 0 Å². The van der Waals surface area contributed by atoms with Crippen LogP contribution in [0.5, 0.6) is 17.2 Å². The number of likely N-dealkylation sites (N-methyl/N-ethyl adjacent to an activating group) is 1. The van der Waals surface area contributed by atoms with Crippen LogP contribution in [0.4, 0.5) is 0 Å². The number of methoxy groups -OCH3 is 2. The molecule has 1 aliphatic rings.